The summed E-state index contributed by atoms with van der Waals surface area (Å²) in [6, 6.07) is 6.26. The Balaban J connectivity index is 2.32. The van der Waals surface area contributed by atoms with Gasteiger partial charge in [-0.3, -0.25) is 0 Å². The number of aliphatic hydroxyl groups excluding tert-OH is 1. The molecule has 0 spiro atoms. The summed E-state index contributed by atoms with van der Waals surface area (Å²) >= 11 is 5.93. The standard InChI is InChI=1S/C11H14ClNO/c1-13(10-4-5-10)11-6-9(12)3-2-8(11)7-14/h2-3,6,10,14H,4-5,7H2,1H3. The number of benzene rings is 1. The molecule has 3 heteroatoms. The Morgan fingerprint density at radius 2 is 2.21 bits per heavy atom. The van der Waals surface area contributed by atoms with Crippen LogP contribution in [0.5, 0.6) is 0 Å². The Hall–Kier alpha value is -0.730. The zero-order chi connectivity index (χ0) is 10.1. The van der Waals surface area contributed by atoms with Crippen LogP contribution in [0.15, 0.2) is 18.2 Å². The number of nitrogens with zero attached hydrogens (tertiary/aromatic N) is 1. The van der Waals surface area contributed by atoms with E-state index in [9.17, 15) is 5.11 Å². The van der Waals surface area contributed by atoms with Crippen LogP contribution in [0.4, 0.5) is 5.69 Å². The van der Waals surface area contributed by atoms with Crippen molar-refractivity contribution < 1.29 is 5.11 Å². The lowest BCUT2D eigenvalue weighted by molar-refractivity contribution is 0.282. The molecular formula is C11H14ClNO. The van der Waals surface area contributed by atoms with Crippen LogP contribution in [0.2, 0.25) is 5.02 Å². The molecule has 0 radical (unpaired) electrons. The summed E-state index contributed by atoms with van der Waals surface area (Å²) in [5.74, 6) is 0. The molecule has 14 heavy (non-hydrogen) atoms. The fraction of sp³-hybridized carbons (Fsp3) is 0.455. The fourth-order valence-corrected chi connectivity index (χ4v) is 1.82. The molecule has 0 aromatic heterocycles. The summed E-state index contributed by atoms with van der Waals surface area (Å²) in [5.41, 5.74) is 2.01. The molecule has 0 saturated heterocycles. The third-order valence-corrected chi connectivity index (χ3v) is 2.93. The molecule has 2 rings (SSSR count). The third-order valence-electron chi connectivity index (χ3n) is 2.69. The van der Waals surface area contributed by atoms with Gasteiger partial charge in [-0.1, -0.05) is 17.7 Å². The highest BCUT2D eigenvalue weighted by Crippen LogP contribution is 2.33. The highest BCUT2D eigenvalue weighted by Gasteiger charge is 2.27. The van der Waals surface area contributed by atoms with Crippen LogP contribution in [0.3, 0.4) is 0 Å². The van der Waals surface area contributed by atoms with E-state index in [4.69, 9.17) is 11.6 Å². The van der Waals surface area contributed by atoms with Gasteiger partial charge in [0, 0.05) is 29.4 Å². The maximum absolute atomic E-state index is 9.19. The van der Waals surface area contributed by atoms with E-state index in [0.717, 1.165) is 16.3 Å². The Kier molecular flexibility index (Phi) is 2.66. The second-order valence-corrected chi connectivity index (χ2v) is 4.21. The molecule has 0 unspecified atom stereocenters. The average molecular weight is 212 g/mol. The van der Waals surface area contributed by atoms with E-state index in [1.165, 1.54) is 12.8 Å². The Labute approximate surface area is 89.1 Å². The minimum absolute atomic E-state index is 0.0730. The summed E-state index contributed by atoms with van der Waals surface area (Å²) in [4.78, 5) is 2.21. The van der Waals surface area contributed by atoms with Crippen molar-refractivity contribution in [1.29, 1.82) is 0 Å². The van der Waals surface area contributed by atoms with E-state index in [-0.39, 0.29) is 6.61 Å². The van der Waals surface area contributed by atoms with Crippen LogP contribution >= 0.6 is 11.6 Å². The first-order valence-corrected chi connectivity index (χ1v) is 5.22. The molecule has 2 nitrogen and oxygen atoms in total. The van der Waals surface area contributed by atoms with Gasteiger partial charge in [-0.05, 0) is 25.0 Å². The van der Waals surface area contributed by atoms with Gasteiger partial charge in [-0.2, -0.15) is 0 Å². The lowest BCUT2D eigenvalue weighted by Gasteiger charge is -2.21. The zero-order valence-electron chi connectivity index (χ0n) is 8.20. The topological polar surface area (TPSA) is 23.5 Å². The highest BCUT2D eigenvalue weighted by molar-refractivity contribution is 6.30. The first kappa shape index (κ1) is 9.81. The summed E-state index contributed by atoms with van der Waals surface area (Å²) in [6.45, 7) is 0.0730. The summed E-state index contributed by atoms with van der Waals surface area (Å²) in [7, 11) is 2.06. The van der Waals surface area contributed by atoms with Gasteiger partial charge >= 0.3 is 0 Å². The smallest absolute Gasteiger partial charge is 0.0702 e. The molecule has 0 amide bonds. The van der Waals surface area contributed by atoms with Crippen molar-refractivity contribution in [3.63, 3.8) is 0 Å². The molecule has 76 valence electrons. The van der Waals surface area contributed by atoms with Crippen LogP contribution < -0.4 is 4.90 Å². The van der Waals surface area contributed by atoms with Crippen molar-refractivity contribution in [3.05, 3.63) is 28.8 Å². The molecule has 1 aliphatic rings. The van der Waals surface area contributed by atoms with E-state index in [0.29, 0.717) is 6.04 Å². The summed E-state index contributed by atoms with van der Waals surface area (Å²) in [6.07, 6.45) is 2.49. The first-order chi connectivity index (χ1) is 6.72. The molecule has 0 heterocycles. The van der Waals surface area contributed by atoms with Gasteiger partial charge in [-0.15, -0.1) is 0 Å². The van der Waals surface area contributed by atoms with Gasteiger partial charge in [-0.25, -0.2) is 0 Å². The molecule has 1 aromatic carbocycles. The van der Waals surface area contributed by atoms with Crippen molar-refractivity contribution in [1.82, 2.24) is 0 Å². The van der Waals surface area contributed by atoms with E-state index >= 15 is 0 Å². The molecule has 1 aromatic rings. The van der Waals surface area contributed by atoms with E-state index in [1.807, 2.05) is 18.2 Å². The van der Waals surface area contributed by atoms with Gasteiger partial charge < -0.3 is 10.0 Å². The molecule has 0 aliphatic heterocycles. The summed E-state index contributed by atoms with van der Waals surface area (Å²) < 4.78 is 0. The van der Waals surface area contributed by atoms with Crippen molar-refractivity contribution in [3.8, 4) is 0 Å². The SMILES string of the molecule is CN(c1cc(Cl)ccc1CO)C1CC1. The quantitative estimate of drug-likeness (QED) is 0.830. The molecule has 0 bridgehead atoms. The largest absolute Gasteiger partial charge is 0.392 e. The van der Waals surface area contributed by atoms with Gasteiger partial charge in [0.15, 0.2) is 0 Å². The molecule has 1 aliphatic carbocycles. The lowest BCUT2D eigenvalue weighted by atomic mass is 10.1. The molecule has 0 atom stereocenters. The van der Waals surface area contributed by atoms with Crippen molar-refractivity contribution in [2.45, 2.75) is 25.5 Å². The number of halogens is 1. The highest BCUT2D eigenvalue weighted by atomic mass is 35.5. The van der Waals surface area contributed by atoms with E-state index in [1.54, 1.807) is 0 Å². The predicted octanol–water partition coefficient (Wildman–Crippen LogP) is 2.43. The van der Waals surface area contributed by atoms with E-state index in [2.05, 4.69) is 11.9 Å². The average Bonchev–Trinajstić information content (AvgIpc) is 3.00. The minimum Gasteiger partial charge on any atom is -0.392 e. The zero-order valence-corrected chi connectivity index (χ0v) is 8.96. The second-order valence-electron chi connectivity index (χ2n) is 3.77. The van der Waals surface area contributed by atoms with Gasteiger partial charge in [0.1, 0.15) is 0 Å². The number of aliphatic hydroxyl groups is 1. The second kappa shape index (κ2) is 3.79. The van der Waals surface area contributed by atoms with Gasteiger partial charge in [0.2, 0.25) is 0 Å². The lowest BCUT2D eigenvalue weighted by Crippen LogP contribution is -2.20. The maximum Gasteiger partial charge on any atom is 0.0702 e. The van der Waals surface area contributed by atoms with Crippen LogP contribution in [-0.4, -0.2) is 18.2 Å². The van der Waals surface area contributed by atoms with Crippen LogP contribution in [-0.2, 0) is 6.61 Å². The maximum atomic E-state index is 9.19. The van der Waals surface area contributed by atoms with Crippen LogP contribution in [0, 0.1) is 0 Å². The Bertz CT molecular complexity index is 336. The Morgan fingerprint density at radius 1 is 1.50 bits per heavy atom. The normalized spacial score (nSPS) is 15.6. The van der Waals surface area contributed by atoms with Crippen molar-refractivity contribution in [2.75, 3.05) is 11.9 Å². The number of hydrogen-bond acceptors (Lipinski definition) is 2. The van der Waals surface area contributed by atoms with Crippen molar-refractivity contribution in [2.24, 2.45) is 0 Å². The monoisotopic (exact) mass is 211 g/mol. The molecule has 1 N–H and O–H groups in total. The van der Waals surface area contributed by atoms with E-state index < -0.39 is 0 Å². The van der Waals surface area contributed by atoms with Crippen LogP contribution in [0.25, 0.3) is 0 Å². The van der Waals surface area contributed by atoms with Gasteiger partial charge in [0.25, 0.3) is 0 Å². The third kappa shape index (κ3) is 1.86. The Morgan fingerprint density at radius 3 is 2.79 bits per heavy atom. The molecule has 1 fully saturated rings. The molecular weight excluding hydrogens is 198 g/mol. The fourth-order valence-electron chi connectivity index (χ4n) is 1.66. The van der Waals surface area contributed by atoms with Crippen molar-refractivity contribution >= 4 is 17.3 Å². The minimum atomic E-state index is 0.0730. The first-order valence-electron chi connectivity index (χ1n) is 4.84. The number of anilines is 1. The number of rotatable bonds is 3. The van der Waals surface area contributed by atoms with Gasteiger partial charge in [0.05, 0.1) is 6.61 Å². The number of hydrogen-bond donors (Lipinski definition) is 1. The molecule has 1 saturated carbocycles. The predicted molar refractivity (Wildman–Crippen MR) is 58.8 cm³/mol. The van der Waals surface area contributed by atoms with Crippen LogP contribution in [0.1, 0.15) is 18.4 Å². The summed E-state index contributed by atoms with van der Waals surface area (Å²) in [5, 5.41) is 9.92.